The fourth-order valence-corrected chi connectivity index (χ4v) is 7.34. The summed E-state index contributed by atoms with van der Waals surface area (Å²) in [5, 5.41) is 9.04. The number of nitrogens with zero attached hydrogens (tertiary/aromatic N) is 1. The van der Waals surface area contributed by atoms with E-state index in [2.05, 4.69) is 71.4 Å². The molecule has 1 aromatic carbocycles. The van der Waals surface area contributed by atoms with Crippen LogP contribution in [-0.2, 0) is 14.4 Å². The number of carboxylic acid groups (broad SMARTS) is 1. The van der Waals surface area contributed by atoms with Crippen LogP contribution in [-0.4, -0.2) is 40.7 Å². The van der Waals surface area contributed by atoms with Crippen LogP contribution in [0.15, 0.2) is 43.6 Å². The highest BCUT2D eigenvalue weighted by Crippen LogP contribution is 2.55. The zero-order valence-electron chi connectivity index (χ0n) is 21.5. The van der Waals surface area contributed by atoms with Crippen molar-refractivity contribution in [2.24, 2.45) is 10.8 Å². The van der Waals surface area contributed by atoms with Gasteiger partial charge in [0, 0.05) is 47.8 Å². The Balaban J connectivity index is 1.95. The van der Waals surface area contributed by atoms with Gasteiger partial charge in [0.05, 0.1) is 8.95 Å². The van der Waals surface area contributed by atoms with E-state index in [0.29, 0.717) is 27.5 Å². The summed E-state index contributed by atoms with van der Waals surface area (Å²) >= 11 is 7.07. The number of carbonyl (C=O) groups excluding carboxylic acids is 2. The van der Waals surface area contributed by atoms with Gasteiger partial charge in [-0.05, 0) is 79.6 Å². The van der Waals surface area contributed by atoms with Gasteiger partial charge in [-0.3, -0.25) is 9.59 Å². The largest absolute Gasteiger partial charge is 0.480 e. The number of hydrogen-bond acceptors (Lipinski definition) is 5. The van der Waals surface area contributed by atoms with Crippen molar-refractivity contribution in [1.29, 1.82) is 0 Å². The van der Waals surface area contributed by atoms with E-state index < -0.39 is 18.5 Å². The summed E-state index contributed by atoms with van der Waals surface area (Å²) in [6.07, 6.45) is 3.34. The Morgan fingerprint density at radius 2 is 1.44 bits per heavy atom. The topological polar surface area (TPSA) is 83.9 Å². The minimum Gasteiger partial charge on any atom is -0.480 e. The molecule has 1 aliphatic heterocycles. The predicted octanol–water partition coefficient (Wildman–Crippen LogP) is 6.77. The molecule has 0 bridgehead atoms. The SMILES string of the molecule is CCCN1C2=C(C(=O)CC(C)(C)C2)C(c2cc(Br)c(OCC(=O)O)c(Br)c2)C2=C1CC(C)(C)CC2=O. The fraction of sp³-hybridized carbons (Fsp3) is 0.536. The monoisotopic (exact) mass is 621 g/mol. The van der Waals surface area contributed by atoms with Gasteiger partial charge in [0.1, 0.15) is 5.75 Å². The maximum atomic E-state index is 13.8. The van der Waals surface area contributed by atoms with Crippen LogP contribution < -0.4 is 4.74 Å². The number of halogens is 2. The van der Waals surface area contributed by atoms with Crippen molar-refractivity contribution in [3.8, 4) is 5.75 Å². The second-order valence-electron chi connectivity index (χ2n) is 11.7. The third-order valence-electron chi connectivity index (χ3n) is 7.16. The Bertz CT molecular complexity index is 1130. The molecule has 6 nitrogen and oxygen atoms in total. The highest BCUT2D eigenvalue weighted by atomic mass is 79.9. The number of rotatable bonds is 6. The lowest BCUT2D eigenvalue weighted by molar-refractivity contribution is -0.139. The lowest BCUT2D eigenvalue weighted by atomic mass is 9.63. The summed E-state index contributed by atoms with van der Waals surface area (Å²) in [7, 11) is 0. The molecular formula is C28H33Br2NO5. The molecule has 36 heavy (non-hydrogen) atoms. The molecule has 0 aromatic heterocycles. The molecule has 0 radical (unpaired) electrons. The molecule has 0 fully saturated rings. The van der Waals surface area contributed by atoms with Gasteiger partial charge in [-0.2, -0.15) is 0 Å². The van der Waals surface area contributed by atoms with Crippen LogP contribution in [0.25, 0.3) is 0 Å². The van der Waals surface area contributed by atoms with Gasteiger partial charge in [-0.15, -0.1) is 0 Å². The summed E-state index contributed by atoms with van der Waals surface area (Å²) in [6.45, 7) is 11.0. The highest BCUT2D eigenvalue weighted by Gasteiger charge is 2.48. The standard InChI is InChI=1S/C28H33Br2NO5/c1-6-7-31-18-10-27(2,3)12-20(32)24(18)23(25-19(31)11-28(4,5)13-21(25)33)15-8-16(29)26(17(30)9-15)36-14-22(34)35/h8-9,23H,6-7,10-14H2,1-5H3,(H,34,35). The van der Waals surface area contributed by atoms with E-state index in [4.69, 9.17) is 9.84 Å². The molecule has 1 aromatic rings. The van der Waals surface area contributed by atoms with Crippen LogP contribution in [0.2, 0.25) is 0 Å². The minimum absolute atomic E-state index is 0.0926. The Hall–Kier alpha value is -1.93. The van der Waals surface area contributed by atoms with Gasteiger partial charge in [0.2, 0.25) is 0 Å². The molecule has 0 saturated carbocycles. The van der Waals surface area contributed by atoms with Crippen molar-refractivity contribution in [3.05, 3.63) is 49.2 Å². The molecule has 0 saturated heterocycles. The zero-order valence-corrected chi connectivity index (χ0v) is 24.6. The number of carboxylic acids is 1. The van der Waals surface area contributed by atoms with Crippen LogP contribution in [0.3, 0.4) is 0 Å². The Morgan fingerprint density at radius 3 is 1.86 bits per heavy atom. The second kappa shape index (κ2) is 9.75. The molecule has 2 aliphatic carbocycles. The van der Waals surface area contributed by atoms with Crippen molar-refractivity contribution in [2.45, 2.75) is 72.6 Å². The summed E-state index contributed by atoms with van der Waals surface area (Å²) in [5.41, 5.74) is 4.05. The number of allylic oxidation sites excluding steroid dienone is 4. The quantitative estimate of drug-likeness (QED) is 0.377. The molecule has 3 aliphatic rings. The zero-order chi connectivity index (χ0) is 26.6. The summed E-state index contributed by atoms with van der Waals surface area (Å²) < 4.78 is 6.61. The first-order valence-corrected chi connectivity index (χ1v) is 14.0. The molecule has 0 atom stereocenters. The second-order valence-corrected chi connectivity index (χ2v) is 13.4. The first-order chi connectivity index (χ1) is 16.7. The van der Waals surface area contributed by atoms with Gasteiger partial charge in [0.25, 0.3) is 0 Å². The van der Waals surface area contributed by atoms with Crippen LogP contribution >= 0.6 is 31.9 Å². The fourth-order valence-electron chi connectivity index (χ4n) is 5.89. The molecule has 0 unspecified atom stereocenters. The van der Waals surface area contributed by atoms with E-state index in [9.17, 15) is 14.4 Å². The first kappa shape index (κ1) is 27.1. The summed E-state index contributed by atoms with van der Waals surface area (Å²) in [5.74, 6) is -0.974. The van der Waals surface area contributed by atoms with Crippen molar-refractivity contribution < 1.29 is 24.2 Å². The van der Waals surface area contributed by atoms with E-state index in [1.807, 2.05) is 12.1 Å². The van der Waals surface area contributed by atoms with Gasteiger partial charge in [0.15, 0.2) is 18.2 Å². The molecule has 0 amide bonds. The molecule has 8 heteroatoms. The number of benzene rings is 1. The van der Waals surface area contributed by atoms with Crippen molar-refractivity contribution in [3.63, 3.8) is 0 Å². The number of hydrogen-bond donors (Lipinski definition) is 1. The van der Waals surface area contributed by atoms with E-state index in [-0.39, 0.29) is 22.4 Å². The Morgan fingerprint density at radius 1 is 0.972 bits per heavy atom. The first-order valence-electron chi connectivity index (χ1n) is 12.4. The lowest BCUT2D eigenvalue weighted by Gasteiger charge is -2.49. The summed E-state index contributed by atoms with van der Waals surface area (Å²) in [4.78, 5) is 40.9. The maximum absolute atomic E-state index is 13.8. The third-order valence-corrected chi connectivity index (χ3v) is 8.34. The van der Waals surface area contributed by atoms with Crippen molar-refractivity contribution in [2.75, 3.05) is 13.2 Å². The van der Waals surface area contributed by atoms with Gasteiger partial charge in [-0.1, -0.05) is 34.6 Å². The highest BCUT2D eigenvalue weighted by molar-refractivity contribution is 9.11. The minimum atomic E-state index is -1.07. The average molecular weight is 623 g/mol. The smallest absolute Gasteiger partial charge is 0.341 e. The summed E-state index contributed by atoms with van der Waals surface area (Å²) in [6, 6.07) is 3.72. The van der Waals surface area contributed by atoms with Crippen LogP contribution in [0.4, 0.5) is 0 Å². The molecule has 194 valence electrons. The molecule has 1 N–H and O–H groups in total. The van der Waals surface area contributed by atoms with Crippen molar-refractivity contribution >= 4 is 49.4 Å². The number of ketones is 2. The van der Waals surface area contributed by atoms with Crippen LogP contribution in [0.1, 0.15) is 78.2 Å². The van der Waals surface area contributed by atoms with Crippen LogP contribution in [0, 0.1) is 10.8 Å². The molecule has 0 spiro atoms. The van der Waals surface area contributed by atoms with Gasteiger partial charge >= 0.3 is 5.97 Å². The Labute approximate surface area is 229 Å². The lowest BCUT2D eigenvalue weighted by Crippen LogP contribution is -2.44. The van der Waals surface area contributed by atoms with E-state index in [0.717, 1.165) is 53.9 Å². The number of ether oxygens (including phenoxy) is 1. The number of carbonyl (C=O) groups is 3. The van der Waals surface area contributed by atoms with Crippen LogP contribution in [0.5, 0.6) is 5.75 Å². The molecular weight excluding hydrogens is 590 g/mol. The van der Waals surface area contributed by atoms with E-state index in [1.54, 1.807) is 0 Å². The van der Waals surface area contributed by atoms with Gasteiger partial charge in [-0.25, -0.2) is 4.79 Å². The molecule has 1 heterocycles. The maximum Gasteiger partial charge on any atom is 0.341 e. The predicted molar refractivity (Wildman–Crippen MR) is 145 cm³/mol. The number of Topliss-reactive ketones (excluding diaryl/α,β-unsaturated/α-hetero) is 2. The van der Waals surface area contributed by atoms with E-state index in [1.165, 1.54) is 0 Å². The van der Waals surface area contributed by atoms with Gasteiger partial charge < -0.3 is 14.7 Å². The number of aliphatic carboxylic acids is 1. The van der Waals surface area contributed by atoms with Crippen molar-refractivity contribution in [1.82, 2.24) is 4.90 Å². The Kier molecular flexibility index (Phi) is 7.34. The normalized spacial score (nSPS) is 21.5. The molecule has 4 rings (SSSR count). The average Bonchev–Trinajstić information content (AvgIpc) is 2.72. The van der Waals surface area contributed by atoms with E-state index >= 15 is 0 Å². The third kappa shape index (κ3) is 5.08.